The molecule has 0 aromatic heterocycles. The van der Waals surface area contributed by atoms with E-state index in [0.29, 0.717) is 6.04 Å². The van der Waals surface area contributed by atoms with Crippen molar-refractivity contribution in [3.05, 3.63) is 28.2 Å². The molecule has 4 heteroatoms. The van der Waals surface area contributed by atoms with E-state index in [2.05, 4.69) is 38.5 Å². The lowest BCUT2D eigenvalue weighted by Gasteiger charge is -2.34. The fraction of sp³-hybridized carbons (Fsp3) is 0.571. The zero-order valence-corrected chi connectivity index (χ0v) is 12.1. The molecule has 3 nitrogen and oxygen atoms in total. The molecule has 2 aliphatic heterocycles. The van der Waals surface area contributed by atoms with Crippen molar-refractivity contribution in [2.75, 3.05) is 19.7 Å². The van der Waals surface area contributed by atoms with E-state index >= 15 is 0 Å². The average Bonchev–Trinajstić information content (AvgIpc) is 2.41. The number of nitrogens with zero attached hydrogens (tertiary/aromatic N) is 1. The number of fused-ring (bicyclic) bond motifs is 1. The maximum absolute atomic E-state index is 5.72. The van der Waals surface area contributed by atoms with Crippen LogP contribution in [0.3, 0.4) is 0 Å². The summed E-state index contributed by atoms with van der Waals surface area (Å²) in [6, 6.07) is 6.67. The van der Waals surface area contributed by atoms with Crippen molar-refractivity contribution in [2.45, 2.75) is 31.7 Å². The van der Waals surface area contributed by atoms with Gasteiger partial charge in [0.05, 0.1) is 12.6 Å². The highest BCUT2D eigenvalue weighted by molar-refractivity contribution is 9.10. The van der Waals surface area contributed by atoms with Gasteiger partial charge in [-0.1, -0.05) is 22.4 Å². The van der Waals surface area contributed by atoms with E-state index in [1.165, 1.54) is 37.9 Å². The molecule has 1 aromatic rings. The second kappa shape index (κ2) is 5.59. The summed E-state index contributed by atoms with van der Waals surface area (Å²) in [5, 5.41) is 2.38. The van der Waals surface area contributed by atoms with Crippen molar-refractivity contribution >= 4 is 15.9 Å². The Morgan fingerprint density at radius 1 is 1.22 bits per heavy atom. The van der Waals surface area contributed by atoms with Crippen LogP contribution in [0, 0.1) is 0 Å². The van der Waals surface area contributed by atoms with E-state index < -0.39 is 0 Å². The molecule has 0 aliphatic carbocycles. The SMILES string of the molecule is Brc1ccc2c(c1)C(NN1CCCCC1)CCO2. The lowest BCUT2D eigenvalue weighted by molar-refractivity contribution is 0.109. The standard InChI is InChI=1S/C14H19BrN2O/c15-11-4-5-14-12(10-11)13(6-9-18-14)16-17-7-2-1-3-8-17/h4-5,10,13,16H,1-3,6-9H2. The zero-order valence-electron chi connectivity index (χ0n) is 10.5. The van der Waals surface area contributed by atoms with Gasteiger partial charge in [-0.15, -0.1) is 0 Å². The predicted molar refractivity (Wildman–Crippen MR) is 75.6 cm³/mol. The van der Waals surface area contributed by atoms with Crippen LogP contribution in [-0.4, -0.2) is 24.7 Å². The van der Waals surface area contributed by atoms with Gasteiger partial charge in [0.25, 0.3) is 0 Å². The van der Waals surface area contributed by atoms with E-state index in [0.717, 1.165) is 23.2 Å². The fourth-order valence-corrected chi connectivity index (χ4v) is 3.12. The second-order valence-electron chi connectivity index (χ2n) is 5.05. The maximum atomic E-state index is 5.72. The van der Waals surface area contributed by atoms with Crippen LogP contribution in [0.4, 0.5) is 0 Å². The van der Waals surface area contributed by atoms with E-state index in [1.54, 1.807) is 0 Å². The van der Waals surface area contributed by atoms with E-state index in [1.807, 2.05) is 6.07 Å². The highest BCUT2D eigenvalue weighted by atomic mass is 79.9. The van der Waals surface area contributed by atoms with Gasteiger partial charge in [-0.3, -0.25) is 0 Å². The normalized spacial score (nSPS) is 24.4. The van der Waals surface area contributed by atoms with Crippen LogP contribution in [0.2, 0.25) is 0 Å². The Bertz CT molecular complexity index is 418. The minimum absolute atomic E-state index is 0.393. The molecule has 1 atom stereocenters. The molecule has 0 amide bonds. The highest BCUT2D eigenvalue weighted by Gasteiger charge is 2.24. The van der Waals surface area contributed by atoms with Gasteiger partial charge in [0.15, 0.2) is 0 Å². The lowest BCUT2D eigenvalue weighted by atomic mass is 10.0. The Balaban J connectivity index is 1.75. The van der Waals surface area contributed by atoms with E-state index in [-0.39, 0.29) is 0 Å². The van der Waals surface area contributed by atoms with Gasteiger partial charge in [0, 0.05) is 29.5 Å². The Hall–Kier alpha value is -0.580. The Labute approximate surface area is 117 Å². The monoisotopic (exact) mass is 310 g/mol. The number of nitrogens with one attached hydrogen (secondary N) is 1. The minimum atomic E-state index is 0.393. The van der Waals surface area contributed by atoms with Crippen LogP contribution in [0.15, 0.2) is 22.7 Å². The molecule has 0 bridgehead atoms. The molecular weight excluding hydrogens is 292 g/mol. The Morgan fingerprint density at radius 3 is 2.89 bits per heavy atom. The average molecular weight is 311 g/mol. The number of halogens is 1. The van der Waals surface area contributed by atoms with Gasteiger partial charge in [0.1, 0.15) is 5.75 Å². The van der Waals surface area contributed by atoms with Crippen LogP contribution < -0.4 is 10.2 Å². The lowest BCUT2D eigenvalue weighted by Crippen LogP contribution is -2.44. The second-order valence-corrected chi connectivity index (χ2v) is 5.96. The van der Waals surface area contributed by atoms with Crippen molar-refractivity contribution < 1.29 is 4.74 Å². The molecule has 2 aliphatic rings. The largest absolute Gasteiger partial charge is 0.493 e. The van der Waals surface area contributed by atoms with E-state index in [9.17, 15) is 0 Å². The van der Waals surface area contributed by atoms with Gasteiger partial charge in [0.2, 0.25) is 0 Å². The van der Waals surface area contributed by atoms with Gasteiger partial charge >= 0.3 is 0 Å². The molecule has 1 N–H and O–H groups in total. The molecule has 18 heavy (non-hydrogen) atoms. The van der Waals surface area contributed by atoms with Crippen molar-refractivity contribution in [1.29, 1.82) is 0 Å². The summed E-state index contributed by atoms with van der Waals surface area (Å²) in [4.78, 5) is 0. The first-order chi connectivity index (χ1) is 8.83. The summed E-state index contributed by atoms with van der Waals surface area (Å²) < 4.78 is 6.84. The Morgan fingerprint density at radius 2 is 2.06 bits per heavy atom. The van der Waals surface area contributed by atoms with Gasteiger partial charge in [-0.05, 0) is 31.0 Å². The maximum Gasteiger partial charge on any atom is 0.124 e. The van der Waals surface area contributed by atoms with Crippen molar-refractivity contribution in [1.82, 2.24) is 10.4 Å². The Kier molecular flexibility index (Phi) is 3.87. The van der Waals surface area contributed by atoms with Crippen molar-refractivity contribution in [3.63, 3.8) is 0 Å². The first-order valence-corrected chi connectivity index (χ1v) is 7.55. The van der Waals surface area contributed by atoms with Gasteiger partial charge in [-0.2, -0.15) is 0 Å². The molecule has 1 unspecified atom stereocenters. The number of rotatable bonds is 2. The van der Waals surface area contributed by atoms with Crippen molar-refractivity contribution in [2.24, 2.45) is 0 Å². The minimum Gasteiger partial charge on any atom is -0.493 e. The molecular formula is C14H19BrN2O. The molecule has 0 spiro atoms. The van der Waals surface area contributed by atoms with Crippen LogP contribution in [0.1, 0.15) is 37.3 Å². The smallest absolute Gasteiger partial charge is 0.124 e. The van der Waals surface area contributed by atoms with Crippen LogP contribution in [0.5, 0.6) is 5.75 Å². The number of piperidine rings is 1. The third kappa shape index (κ3) is 2.71. The van der Waals surface area contributed by atoms with Gasteiger partial charge < -0.3 is 4.74 Å². The topological polar surface area (TPSA) is 24.5 Å². The van der Waals surface area contributed by atoms with Crippen LogP contribution >= 0.6 is 15.9 Å². The molecule has 1 saturated heterocycles. The molecule has 0 radical (unpaired) electrons. The first kappa shape index (κ1) is 12.5. The summed E-state index contributed by atoms with van der Waals surface area (Å²) in [5.41, 5.74) is 4.95. The molecule has 98 valence electrons. The quantitative estimate of drug-likeness (QED) is 0.907. The molecule has 1 fully saturated rings. The third-order valence-corrected chi connectivity index (χ3v) is 4.20. The summed E-state index contributed by atoms with van der Waals surface area (Å²) in [5.74, 6) is 1.03. The summed E-state index contributed by atoms with van der Waals surface area (Å²) in [6.07, 6.45) is 5.02. The number of hydrazine groups is 1. The van der Waals surface area contributed by atoms with Crippen LogP contribution in [-0.2, 0) is 0 Å². The molecule has 3 rings (SSSR count). The molecule has 2 heterocycles. The summed E-state index contributed by atoms with van der Waals surface area (Å²) >= 11 is 3.55. The molecule has 1 aromatic carbocycles. The van der Waals surface area contributed by atoms with E-state index in [4.69, 9.17) is 4.74 Å². The van der Waals surface area contributed by atoms with Gasteiger partial charge in [-0.25, -0.2) is 10.4 Å². The van der Waals surface area contributed by atoms with Crippen molar-refractivity contribution in [3.8, 4) is 5.75 Å². The number of benzene rings is 1. The highest BCUT2D eigenvalue weighted by Crippen LogP contribution is 2.34. The van der Waals surface area contributed by atoms with Crippen LogP contribution in [0.25, 0.3) is 0 Å². The number of ether oxygens (including phenoxy) is 1. The molecule has 0 saturated carbocycles. The third-order valence-electron chi connectivity index (χ3n) is 3.71. The number of hydrogen-bond donors (Lipinski definition) is 1. The summed E-state index contributed by atoms with van der Waals surface area (Å²) in [7, 11) is 0. The fourth-order valence-electron chi connectivity index (χ4n) is 2.74. The summed E-state index contributed by atoms with van der Waals surface area (Å²) in [6.45, 7) is 3.14. The first-order valence-electron chi connectivity index (χ1n) is 6.76. The predicted octanol–water partition coefficient (Wildman–Crippen LogP) is 3.26. The number of hydrogen-bond acceptors (Lipinski definition) is 3. The zero-order chi connectivity index (χ0) is 12.4.